The first-order chi connectivity index (χ1) is 10.9. The highest BCUT2D eigenvalue weighted by molar-refractivity contribution is 5.62. The first-order valence-corrected chi connectivity index (χ1v) is 7.33. The summed E-state index contributed by atoms with van der Waals surface area (Å²) in [6.45, 7) is 1.58. The van der Waals surface area contributed by atoms with Gasteiger partial charge in [0.05, 0.1) is 6.61 Å². The van der Waals surface area contributed by atoms with Crippen molar-refractivity contribution in [1.82, 2.24) is 15.2 Å². The van der Waals surface area contributed by atoms with E-state index in [1.807, 2.05) is 12.1 Å². The average molecular weight is 292 g/mol. The Labute approximate surface area is 128 Å². The molecule has 0 spiro atoms. The monoisotopic (exact) mass is 292 g/mol. The predicted molar refractivity (Wildman–Crippen MR) is 84.8 cm³/mol. The van der Waals surface area contributed by atoms with Crippen molar-refractivity contribution in [2.45, 2.75) is 13.0 Å². The highest BCUT2D eigenvalue weighted by atomic mass is 16.5. The van der Waals surface area contributed by atoms with Crippen LogP contribution in [0.2, 0.25) is 0 Å². The molecule has 1 aliphatic rings. The fraction of sp³-hybridized carbons (Fsp3) is 0.176. The number of aromatic nitrogens is 3. The molecule has 0 radical (unpaired) electrons. The molecule has 5 heteroatoms. The molecule has 0 saturated carbocycles. The summed E-state index contributed by atoms with van der Waals surface area (Å²) >= 11 is 0. The van der Waals surface area contributed by atoms with Crippen LogP contribution in [0.3, 0.4) is 0 Å². The third-order valence-electron chi connectivity index (χ3n) is 3.80. The Bertz CT molecular complexity index is 783. The van der Waals surface area contributed by atoms with Crippen LogP contribution in [0.1, 0.15) is 11.1 Å². The molecule has 5 nitrogen and oxygen atoms in total. The molecule has 1 aliphatic heterocycles. The lowest BCUT2D eigenvalue weighted by Crippen LogP contribution is -2.00. The van der Waals surface area contributed by atoms with E-state index in [-0.39, 0.29) is 0 Å². The molecule has 0 amide bonds. The van der Waals surface area contributed by atoms with Gasteiger partial charge >= 0.3 is 0 Å². The fourth-order valence-corrected chi connectivity index (χ4v) is 2.68. The first kappa shape index (κ1) is 12.9. The topological polar surface area (TPSA) is 62.8 Å². The predicted octanol–water partition coefficient (Wildman–Crippen LogP) is 3.02. The van der Waals surface area contributed by atoms with Crippen molar-refractivity contribution >= 4 is 5.69 Å². The van der Waals surface area contributed by atoms with E-state index in [9.17, 15) is 0 Å². The minimum Gasteiger partial charge on any atom is -0.493 e. The number of benzene rings is 2. The van der Waals surface area contributed by atoms with Gasteiger partial charge in [-0.2, -0.15) is 5.10 Å². The minimum atomic E-state index is 0.776. The second kappa shape index (κ2) is 5.52. The van der Waals surface area contributed by atoms with E-state index in [1.165, 1.54) is 17.5 Å². The van der Waals surface area contributed by atoms with Crippen molar-refractivity contribution in [3.05, 3.63) is 59.9 Å². The van der Waals surface area contributed by atoms with Gasteiger partial charge in [-0.15, -0.1) is 0 Å². The summed E-state index contributed by atoms with van der Waals surface area (Å²) < 4.78 is 5.54. The lowest BCUT2D eigenvalue weighted by molar-refractivity contribution is 0.357. The van der Waals surface area contributed by atoms with E-state index in [1.54, 1.807) is 0 Å². The Morgan fingerprint density at radius 1 is 1.18 bits per heavy atom. The second-order valence-electron chi connectivity index (χ2n) is 5.31. The highest BCUT2D eigenvalue weighted by Gasteiger charge is 2.11. The molecule has 2 aromatic carbocycles. The van der Waals surface area contributed by atoms with Gasteiger partial charge in [0.2, 0.25) is 0 Å². The maximum absolute atomic E-state index is 5.54. The van der Waals surface area contributed by atoms with E-state index in [4.69, 9.17) is 4.74 Å². The molecule has 0 saturated heterocycles. The maximum atomic E-state index is 5.54. The number of aromatic amines is 1. The zero-order valence-electron chi connectivity index (χ0n) is 12.0. The smallest absolute Gasteiger partial charge is 0.155 e. The van der Waals surface area contributed by atoms with Crippen LogP contribution in [-0.2, 0) is 13.0 Å². The van der Waals surface area contributed by atoms with Gasteiger partial charge in [0.15, 0.2) is 5.82 Å². The summed E-state index contributed by atoms with van der Waals surface area (Å²) in [5, 5.41) is 10.2. The van der Waals surface area contributed by atoms with E-state index < -0.39 is 0 Å². The first-order valence-electron chi connectivity index (χ1n) is 7.33. The molecule has 0 aliphatic carbocycles. The van der Waals surface area contributed by atoms with Gasteiger partial charge in [-0.05, 0) is 29.3 Å². The zero-order chi connectivity index (χ0) is 14.8. The van der Waals surface area contributed by atoms with E-state index in [0.717, 1.165) is 42.4 Å². The molecule has 3 aromatic rings. The van der Waals surface area contributed by atoms with Gasteiger partial charge in [-0.1, -0.05) is 24.3 Å². The quantitative estimate of drug-likeness (QED) is 0.776. The van der Waals surface area contributed by atoms with E-state index in [2.05, 4.69) is 50.8 Å². The molecule has 22 heavy (non-hydrogen) atoms. The van der Waals surface area contributed by atoms with Crippen LogP contribution in [0.25, 0.3) is 11.4 Å². The van der Waals surface area contributed by atoms with Crippen LogP contribution in [0, 0.1) is 0 Å². The lowest BCUT2D eigenvalue weighted by Gasteiger charge is -2.09. The number of hydrogen-bond acceptors (Lipinski definition) is 4. The summed E-state index contributed by atoms with van der Waals surface area (Å²) in [5.41, 5.74) is 4.64. The van der Waals surface area contributed by atoms with Crippen LogP contribution in [0.5, 0.6) is 5.75 Å². The molecule has 4 rings (SSSR count). The summed E-state index contributed by atoms with van der Waals surface area (Å²) in [6.07, 6.45) is 2.52. The van der Waals surface area contributed by atoms with E-state index >= 15 is 0 Å². The third-order valence-corrected chi connectivity index (χ3v) is 3.80. The van der Waals surface area contributed by atoms with Crippen molar-refractivity contribution in [2.75, 3.05) is 11.9 Å². The average Bonchev–Trinajstić information content (AvgIpc) is 3.24. The second-order valence-corrected chi connectivity index (χ2v) is 5.31. The van der Waals surface area contributed by atoms with Gasteiger partial charge in [-0.3, -0.25) is 5.10 Å². The lowest BCUT2D eigenvalue weighted by atomic mass is 10.1. The molecule has 110 valence electrons. The van der Waals surface area contributed by atoms with Crippen molar-refractivity contribution in [1.29, 1.82) is 0 Å². The Morgan fingerprint density at radius 2 is 2.18 bits per heavy atom. The Kier molecular flexibility index (Phi) is 3.23. The zero-order valence-corrected chi connectivity index (χ0v) is 12.0. The van der Waals surface area contributed by atoms with Gasteiger partial charge in [0.1, 0.15) is 12.1 Å². The van der Waals surface area contributed by atoms with Gasteiger partial charge in [0.25, 0.3) is 0 Å². The maximum Gasteiger partial charge on any atom is 0.155 e. The molecule has 0 fully saturated rings. The molecular formula is C17H16N4O. The number of anilines is 1. The summed E-state index contributed by atoms with van der Waals surface area (Å²) in [6, 6.07) is 14.5. The number of hydrogen-bond donors (Lipinski definition) is 2. The molecule has 0 bridgehead atoms. The Balaban J connectivity index is 1.49. The molecule has 0 unspecified atom stereocenters. The third kappa shape index (κ3) is 2.53. The van der Waals surface area contributed by atoms with Crippen molar-refractivity contribution in [3.63, 3.8) is 0 Å². The van der Waals surface area contributed by atoms with Crippen LogP contribution in [0.4, 0.5) is 5.69 Å². The summed E-state index contributed by atoms with van der Waals surface area (Å²) in [7, 11) is 0. The minimum absolute atomic E-state index is 0.776. The normalized spacial score (nSPS) is 12.7. The number of fused-ring (bicyclic) bond motifs is 1. The standard InChI is InChI=1S/C17H16N4O/c1-2-14(17-19-11-20-21-17)9-15(3-1)18-10-12-4-5-16-13(8-12)6-7-22-16/h1-5,8-9,11,18H,6-7,10H2,(H,19,20,21). The largest absolute Gasteiger partial charge is 0.493 e. The van der Waals surface area contributed by atoms with Gasteiger partial charge < -0.3 is 10.1 Å². The van der Waals surface area contributed by atoms with Crippen molar-refractivity contribution in [2.24, 2.45) is 0 Å². The molecule has 0 atom stereocenters. The summed E-state index contributed by atoms with van der Waals surface area (Å²) in [5.74, 6) is 1.80. The Hall–Kier alpha value is -2.82. The fourth-order valence-electron chi connectivity index (χ4n) is 2.68. The highest BCUT2D eigenvalue weighted by Crippen LogP contribution is 2.26. The van der Waals surface area contributed by atoms with Crippen LogP contribution in [0.15, 0.2) is 48.8 Å². The van der Waals surface area contributed by atoms with Gasteiger partial charge in [-0.25, -0.2) is 4.98 Å². The van der Waals surface area contributed by atoms with Gasteiger partial charge in [0, 0.05) is 24.2 Å². The van der Waals surface area contributed by atoms with Crippen LogP contribution in [-0.4, -0.2) is 21.8 Å². The van der Waals surface area contributed by atoms with Crippen LogP contribution < -0.4 is 10.1 Å². The number of rotatable bonds is 4. The SMILES string of the molecule is c1cc(NCc2ccc3c(c2)CCO3)cc(-c2ncn[nH]2)c1. The van der Waals surface area contributed by atoms with Crippen molar-refractivity contribution in [3.8, 4) is 17.1 Å². The number of H-pyrrole nitrogens is 1. The number of nitrogens with zero attached hydrogens (tertiary/aromatic N) is 2. The molecule has 1 aromatic heterocycles. The molecule has 2 N–H and O–H groups in total. The number of nitrogens with one attached hydrogen (secondary N) is 2. The number of ether oxygens (including phenoxy) is 1. The van der Waals surface area contributed by atoms with Crippen LogP contribution >= 0.6 is 0 Å². The van der Waals surface area contributed by atoms with E-state index in [0.29, 0.717) is 0 Å². The molecule has 2 heterocycles. The Morgan fingerprint density at radius 3 is 3.09 bits per heavy atom. The summed E-state index contributed by atoms with van der Waals surface area (Å²) in [4.78, 5) is 4.18. The van der Waals surface area contributed by atoms with Crippen molar-refractivity contribution < 1.29 is 4.74 Å². The molecular weight excluding hydrogens is 276 g/mol.